The predicted octanol–water partition coefficient (Wildman–Crippen LogP) is 3.44. The molecule has 0 unspecified atom stereocenters. The summed E-state index contributed by atoms with van der Waals surface area (Å²) in [6.45, 7) is 1.80. The van der Waals surface area contributed by atoms with E-state index in [0.717, 1.165) is 18.2 Å². The van der Waals surface area contributed by atoms with Crippen molar-refractivity contribution in [2.75, 3.05) is 18.4 Å². The second-order valence-corrected chi connectivity index (χ2v) is 9.19. The highest BCUT2D eigenvalue weighted by Crippen LogP contribution is 2.33. The zero-order valence-corrected chi connectivity index (χ0v) is 20.3. The number of nitriles is 1. The molecule has 1 N–H and O–H groups in total. The first-order chi connectivity index (χ1) is 17.2. The molecule has 0 atom stereocenters. The monoisotopic (exact) mass is 530 g/mol. The van der Waals surface area contributed by atoms with Crippen LogP contribution < -0.4 is 9.46 Å². The maximum Gasteiger partial charge on any atom is 0.359 e. The number of carbonyl (C=O) groups excluding carboxylic acids is 1. The fourth-order valence-corrected chi connectivity index (χ4v) is 4.81. The molecule has 0 radical (unpaired) electrons. The maximum absolute atomic E-state index is 14.9. The summed E-state index contributed by atoms with van der Waals surface area (Å²) in [4.78, 5) is 23.7. The number of nitrogens with one attached hydrogen (secondary N) is 1. The molecule has 0 saturated heterocycles. The van der Waals surface area contributed by atoms with E-state index in [1.165, 1.54) is 36.4 Å². The third-order valence-corrected chi connectivity index (χ3v) is 6.49. The fourth-order valence-electron chi connectivity index (χ4n) is 3.37. The molecule has 0 aliphatic heterocycles. The van der Waals surface area contributed by atoms with Crippen molar-refractivity contribution in [1.29, 1.82) is 5.26 Å². The Morgan fingerprint density at radius 1 is 1.28 bits per heavy atom. The number of hydrogen-bond donors (Lipinski definition) is 1. The normalized spacial score (nSPS) is 11.2. The van der Waals surface area contributed by atoms with Crippen LogP contribution in [0.1, 0.15) is 23.0 Å². The summed E-state index contributed by atoms with van der Waals surface area (Å²) in [6, 6.07) is 5.05. The predicted molar refractivity (Wildman–Crippen MR) is 126 cm³/mol. The van der Waals surface area contributed by atoms with Gasteiger partial charge in [0.1, 0.15) is 18.2 Å². The molecule has 0 aliphatic rings. The van der Waals surface area contributed by atoms with Crippen LogP contribution in [0.15, 0.2) is 48.0 Å². The first kappa shape index (κ1) is 24.8. The van der Waals surface area contributed by atoms with Crippen molar-refractivity contribution in [3.05, 3.63) is 65.2 Å². The lowest BCUT2D eigenvalue weighted by Gasteiger charge is -2.14. The molecule has 184 valence electrons. The van der Waals surface area contributed by atoms with E-state index in [1.807, 2.05) is 6.07 Å². The van der Waals surface area contributed by atoms with E-state index in [1.54, 1.807) is 6.92 Å². The molecule has 4 rings (SSSR count). The van der Waals surface area contributed by atoms with Gasteiger partial charge in [0, 0.05) is 12.4 Å². The number of benzene rings is 1. The van der Waals surface area contributed by atoms with E-state index < -0.39 is 21.8 Å². The number of pyridine rings is 1. The van der Waals surface area contributed by atoms with E-state index in [9.17, 15) is 22.9 Å². The van der Waals surface area contributed by atoms with Crippen LogP contribution in [-0.4, -0.2) is 47.5 Å². The second-order valence-electron chi connectivity index (χ2n) is 7.10. The molecular weight excluding hydrogens is 515 g/mol. The average molecular weight is 531 g/mol. The topological polar surface area (TPSA) is 149 Å². The minimum atomic E-state index is -4.35. The van der Waals surface area contributed by atoms with Crippen molar-refractivity contribution >= 4 is 38.8 Å². The number of ether oxygens (including phenoxy) is 2. The van der Waals surface area contributed by atoms with Crippen LogP contribution in [0.2, 0.25) is 5.02 Å². The number of esters is 1. The van der Waals surface area contributed by atoms with Crippen molar-refractivity contribution in [1.82, 2.24) is 19.4 Å². The van der Waals surface area contributed by atoms with E-state index in [-0.39, 0.29) is 50.6 Å². The zero-order chi connectivity index (χ0) is 26.0. The molecule has 3 aromatic heterocycles. The lowest BCUT2D eigenvalue weighted by Crippen LogP contribution is -2.16. The molecule has 0 bridgehead atoms. The molecular formula is C22H16ClFN6O5S. The molecule has 36 heavy (non-hydrogen) atoms. The van der Waals surface area contributed by atoms with Crippen molar-refractivity contribution < 1.29 is 27.1 Å². The molecule has 14 heteroatoms. The average Bonchev–Trinajstić information content (AvgIpc) is 3.28. The number of anilines is 1. The van der Waals surface area contributed by atoms with Crippen molar-refractivity contribution in [3.63, 3.8) is 0 Å². The standard InChI is InChI=1S/C22H16ClFN6O5S/c1-3-35-22(31)20-17-9-26-16(10-30(17)11-28-20)19-13(7-25)15(5-4-14(19)24)29-36(32,33)18-6-12(23)8-27-21(18)34-2/h4-6,8-11,29H,3H2,1-2H3. The van der Waals surface area contributed by atoms with Gasteiger partial charge in [-0.05, 0) is 25.1 Å². The minimum Gasteiger partial charge on any atom is -0.480 e. The van der Waals surface area contributed by atoms with E-state index in [2.05, 4.69) is 19.7 Å². The fraction of sp³-hybridized carbons (Fsp3) is 0.136. The number of imidazole rings is 1. The summed E-state index contributed by atoms with van der Waals surface area (Å²) in [5.74, 6) is -1.70. The lowest BCUT2D eigenvalue weighted by molar-refractivity contribution is 0.0522. The van der Waals surface area contributed by atoms with Crippen LogP contribution >= 0.6 is 11.6 Å². The van der Waals surface area contributed by atoms with Gasteiger partial charge in [-0.15, -0.1) is 0 Å². The third-order valence-electron chi connectivity index (χ3n) is 4.92. The van der Waals surface area contributed by atoms with E-state index in [0.29, 0.717) is 5.52 Å². The van der Waals surface area contributed by atoms with Gasteiger partial charge in [0.05, 0.1) is 53.0 Å². The lowest BCUT2D eigenvalue weighted by atomic mass is 10.0. The van der Waals surface area contributed by atoms with Crippen molar-refractivity contribution in [2.24, 2.45) is 0 Å². The molecule has 3 heterocycles. The Morgan fingerprint density at radius 2 is 2.06 bits per heavy atom. The number of sulfonamides is 1. The van der Waals surface area contributed by atoms with Gasteiger partial charge >= 0.3 is 5.97 Å². The number of halogens is 2. The number of carbonyl (C=O) groups is 1. The Morgan fingerprint density at radius 3 is 2.75 bits per heavy atom. The van der Waals surface area contributed by atoms with Crippen LogP contribution in [0.25, 0.3) is 16.8 Å². The van der Waals surface area contributed by atoms with Crippen molar-refractivity contribution in [2.45, 2.75) is 11.8 Å². The smallest absolute Gasteiger partial charge is 0.359 e. The Balaban J connectivity index is 1.80. The number of rotatable bonds is 7. The number of aromatic nitrogens is 4. The second kappa shape index (κ2) is 9.76. The maximum atomic E-state index is 14.9. The van der Waals surface area contributed by atoms with Gasteiger partial charge in [-0.2, -0.15) is 5.26 Å². The molecule has 0 saturated carbocycles. The summed E-state index contributed by atoms with van der Waals surface area (Å²) < 4.78 is 54.7. The Kier molecular flexibility index (Phi) is 6.73. The highest BCUT2D eigenvalue weighted by atomic mass is 35.5. The van der Waals surface area contributed by atoms with Gasteiger partial charge < -0.3 is 13.9 Å². The summed E-state index contributed by atoms with van der Waals surface area (Å²) in [5.41, 5.74) is -0.494. The number of nitrogens with zero attached hydrogens (tertiary/aromatic N) is 5. The highest BCUT2D eigenvalue weighted by Gasteiger charge is 2.25. The summed E-state index contributed by atoms with van der Waals surface area (Å²) in [6.07, 6.45) is 5.14. The third kappa shape index (κ3) is 4.51. The number of fused-ring (bicyclic) bond motifs is 1. The first-order valence-corrected chi connectivity index (χ1v) is 12.0. The van der Waals surface area contributed by atoms with Gasteiger partial charge in [-0.25, -0.2) is 27.6 Å². The number of methoxy groups -OCH3 is 1. The Labute approximate surface area is 209 Å². The van der Waals surface area contributed by atoms with E-state index >= 15 is 0 Å². The van der Waals surface area contributed by atoms with Gasteiger partial charge in [0.15, 0.2) is 10.6 Å². The zero-order valence-electron chi connectivity index (χ0n) is 18.7. The van der Waals surface area contributed by atoms with Crippen LogP contribution in [-0.2, 0) is 14.8 Å². The Hall–Kier alpha value is -4.28. The summed E-state index contributed by atoms with van der Waals surface area (Å²) >= 11 is 5.90. The largest absolute Gasteiger partial charge is 0.480 e. The van der Waals surface area contributed by atoms with Gasteiger partial charge in [0.2, 0.25) is 5.88 Å². The summed E-state index contributed by atoms with van der Waals surface area (Å²) in [5, 5.41) is 9.87. The molecule has 1 aromatic carbocycles. The molecule has 0 amide bonds. The summed E-state index contributed by atoms with van der Waals surface area (Å²) in [7, 11) is -3.12. The van der Waals surface area contributed by atoms with Crippen LogP contribution in [0.4, 0.5) is 10.1 Å². The quantitative estimate of drug-likeness (QED) is 0.354. The SMILES string of the molecule is CCOC(=O)c1ncn2cc(-c3c(F)ccc(NS(=O)(=O)c4cc(Cl)cnc4OC)c3C#N)ncc12. The minimum absolute atomic E-state index is 0.00703. The van der Waals surface area contributed by atoms with Gasteiger partial charge in [-0.3, -0.25) is 9.71 Å². The first-order valence-electron chi connectivity index (χ1n) is 10.1. The van der Waals surface area contributed by atoms with Crippen LogP contribution in [0.3, 0.4) is 0 Å². The molecule has 4 aromatic rings. The molecule has 0 spiro atoms. The van der Waals surface area contributed by atoms with Gasteiger partial charge in [-0.1, -0.05) is 11.6 Å². The highest BCUT2D eigenvalue weighted by molar-refractivity contribution is 7.92. The Bertz CT molecular complexity index is 1650. The molecule has 0 fully saturated rings. The molecule has 0 aliphatic carbocycles. The van der Waals surface area contributed by atoms with Crippen LogP contribution in [0.5, 0.6) is 5.88 Å². The number of hydrogen-bond acceptors (Lipinski definition) is 9. The van der Waals surface area contributed by atoms with Crippen molar-refractivity contribution in [3.8, 4) is 23.2 Å². The molecule has 11 nitrogen and oxygen atoms in total. The van der Waals surface area contributed by atoms with Gasteiger partial charge in [0.25, 0.3) is 10.0 Å². The van der Waals surface area contributed by atoms with E-state index in [4.69, 9.17) is 21.1 Å². The van der Waals surface area contributed by atoms with Crippen LogP contribution in [0, 0.1) is 17.1 Å².